The summed E-state index contributed by atoms with van der Waals surface area (Å²) >= 11 is 0. The third-order valence-electron chi connectivity index (χ3n) is 4.72. The van der Waals surface area contributed by atoms with Gasteiger partial charge in [0.1, 0.15) is 17.7 Å². The highest BCUT2D eigenvalue weighted by Gasteiger charge is 2.30. The van der Waals surface area contributed by atoms with Gasteiger partial charge in [-0.3, -0.25) is 0 Å². The van der Waals surface area contributed by atoms with Gasteiger partial charge >= 0.3 is 12.2 Å². The highest BCUT2D eigenvalue weighted by atomic mass is 19.4. The number of hydrogen-bond donors (Lipinski definition) is 1. The van der Waals surface area contributed by atoms with E-state index in [1.165, 1.54) is 25.0 Å². The van der Waals surface area contributed by atoms with Gasteiger partial charge in [0.15, 0.2) is 0 Å². The Morgan fingerprint density at radius 2 is 2.13 bits per heavy atom. The van der Waals surface area contributed by atoms with Crippen LogP contribution < -0.4 is 10.1 Å². The lowest BCUT2D eigenvalue weighted by molar-refractivity contribution is -0.145. The number of urea groups is 1. The first-order valence-corrected chi connectivity index (χ1v) is 9.73. The van der Waals surface area contributed by atoms with Crippen LogP contribution in [0.3, 0.4) is 0 Å². The third kappa shape index (κ3) is 6.82. The van der Waals surface area contributed by atoms with Crippen LogP contribution >= 0.6 is 0 Å². The summed E-state index contributed by atoms with van der Waals surface area (Å²) in [4.78, 5) is 14.0. The fourth-order valence-electron chi connectivity index (χ4n) is 3.23. The van der Waals surface area contributed by atoms with E-state index < -0.39 is 18.5 Å². The number of hydrogen-bond acceptors (Lipinski definition) is 4. The van der Waals surface area contributed by atoms with E-state index in [9.17, 15) is 18.0 Å². The van der Waals surface area contributed by atoms with Crippen molar-refractivity contribution in [3.8, 4) is 5.75 Å². The van der Waals surface area contributed by atoms with Crippen LogP contribution in [0, 0.1) is 5.92 Å². The van der Waals surface area contributed by atoms with E-state index >= 15 is 0 Å². The number of rotatable bonds is 6. The highest BCUT2D eigenvalue weighted by molar-refractivity contribution is 5.89. The smallest absolute Gasteiger partial charge is 0.389 e. The summed E-state index contributed by atoms with van der Waals surface area (Å²) < 4.78 is 47.5. The lowest BCUT2D eigenvalue weighted by Crippen LogP contribution is -2.39. The number of carbonyl (C=O) groups is 1. The Bertz CT molecular complexity index is 856. The largest absolute Gasteiger partial charge is 0.493 e. The second-order valence-corrected chi connectivity index (χ2v) is 7.44. The molecule has 6 nitrogen and oxygen atoms in total. The van der Waals surface area contributed by atoms with Gasteiger partial charge in [-0.2, -0.15) is 13.2 Å². The SMILES string of the molecule is CC(COc1cccc(C=C2CCN(C(=O)Nc3cnoc3)CC2)c1)CC(F)(F)F. The van der Waals surface area contributed by atoms with E-state index in [2.05, 4.69) is 10.5 Å². The summed E-state index contributed by atoms with van der Waals surface area (Å²) in [5, 5.41) is 6.27. The van der Waals surface area contributed by atoms with Gasteiger partial charge in [0.05, 0.1) is 12.8 Å². The normalized spacial score (nSPS) is 15.6. The average Bonchev–Trinajstić information content (AvgIpc) is 3.19. The molecule has 0 aliphatic carbocycles. The zero-order valence-corrected chi connectivity index (χ0v) is 16.6. The fraction of sp³-hybridized carbons (Fsp3) is 0.429. The van der Waals surface area contributed by atoms with Gasteiger partial charge in [-0.15, -0.1) is 0 Å². The van der Waals surface area contributed by atoms with Gasteiger partial charge in [-0.05, 0) is 36.5 Å². The number of amides is 2. The molecular formula is C21H24F3N3O3. The van der Waals surface area contributed by atoms with E-state index in [4.69, 9.17) is 9.26 Å². The Morgan fingerprint density at radius 3 is 2.80 bits per heavy atom. The van der Waals surface area contributed by atoms with Gasteiger partial charge in [-0.25, -0.2) is 4.79 Å². The molecule has 1 aliphatic rings. The quantitative estimate of drug-likeness (QED) is 0.680. The molecule has 162 valence electrons. The first kappa shape index (κ1) is 21.7. The van der Waals surface area contributed by atoms with Crippen LogP contribution in [0.4, 0.5) is 23.7 Å². The molecule has 2 aromatic rings. The standard InChI is InChI=1S/C21H24F3N3O3/c1-15(11-21(22,23)24)13-29-19-4-2-3-17(10-19)9-16-5-7-27(8-6-16)20(28)26-18-12-25-30-14-18/h2-4,9-10,12,14-15H,5-8,11,13H2,1H3,(H,26,28). The Kier molecular flexibility index (Phi) is 7.02. The van der Waals surface area contributed by atoms with Crippen LogP contribution in [0.25, 0.3) is 6.08 Å². The van der Waals surface area contributed by atoms with Crippen molar-refractivity contribution < 1.29 is 27.2 Å². The third-order valence-corrected chi connectivity index (χ3v) is 4.72. The molecule has 1 atom stereocenters. The lowest BCUT2D eigenvalue weighted by atomic mass is 10.0. The summed E-state index contributed by atoms with van der Waals surface area (Å²) in [5.74, 6) is -0.0655. The molecule has 1 aromatic heterocycles. The maximum atomic E-state index is 12.4. The van der Waals surface area contributed by atoms with Gasteiger partial charge in [0.25, 0.3) is 0 Å². The molecule has 2 heterocycles. The van der Waals surface area contributed by atoms with E-state index in [1.807, 2.05) is 24.3 Å². The minimum absolute atomic E-state index is 0.00971. The fourth-order valence-corrected chi connectivity index (χ4v) is 3.23. The number of carbonyl (C=O) groups excluding carboxylic acids is 1. The Balaban J connectivity index is 1.50. The minimum Gasteiger partial charge on any atom is -0.493 e. The Morgan fingerprint density at radius 1 is 1.37 bits per heavy atom. The number of aromatic nitrogens is 1. The van der Waals surface area contributed by atoms with Crippen molar-refractivity contribution in [2.24, 2.45) is 5.92 Å². The molecule has 1 unspecified atom stereocenters. The van der Waals surface area contributed by atoms with Crippen molar-refractivity contribution >= 4 is 17.8 Å². The molecular weight excluding hydrogens is 399 g/mol. The second kappa shape index (κ2) is 9.69. The molecule has 2 amide bonds. The zero-order valence-electron chi connectivity index (χ0n) is 16.6. The number of nitrogens with one attached hydrogen (secondary N) is 1. The van der Waals surface area contributed by atoms with Gasteiger partial charge in [-0.1, -0.05) is 35.9 Å². The Hall–Kier alpha value is -2.97. The number of halogens is 3. The summed E-state index contributed by atoms with van der Waals surface area (Å²) in [6.07, 6.45) is 1.28. The van der Waals surface area contributed by atoms with Crippen molar-refractivity contribution in [1.82, 2.24) is 10.1 Å². The van der Waals surface area contributed by atoms with Crippen LogP contribution in [0.5, 0.6) is 5.75 Å². The molecule has 3 rings (SSSR count). The van der Waals surface area contributed by atoms with Crippen LogP contribution in [0.2, 0.25) is 0 Å². The summed E-state index contributed by atoms with van der Waals surface area (Å²) in [5.41, 5.74) is 2.64. The molecule has 1 aliphatic heterocycles. The molecule has 9 heteroatoms. The number of piperidine rings is 1. The molecule has 1 saturated heterocycles. The number of nitrogens with zero attached hydrogens (tertiary/aromatic N) is 2. The number of alkyl halides is 3. The topological polar surface area (TPSA) is 67.6 Å². The van der Waals surface area contributed by atoms with Crippen molar-refractivity contribution in [1.29, 1.82) is 0 Å². The van der Waals surface area contributed by atoms with Crippen LogP contribution in [-0.2, 0) is 0 Å². The molecule has 1 N–H and O–H groups in total. The van der Waals surface area contributed by atoms with E-state index in [1.54, 1.807) is 11.0 Å². The molecule has 0 saturated carbocycles. The minimum atomic E-state index is -4.18. The summed E-state index contributed by atoms with van der Waals surface area (Å²) in [7, 11) is 0. The van der Waals surface area contributed by atoms with E-state index in [0.29, 0.717) is 24.5 Å². The van der Waals surface area contributed by atoms with Crippen molar-refractivity contribution in [3.63, 3.8) is 0 Å². The zero-order chi connectivity index (χ0) is 21.6. The van der Waals surface area contributed by atoms with Crippen LogP contribution in [0.1, 0.15) is 31.7 Å². The van der Waals surface area contributed by atoms with Gasteiger partial charge in [0, 0.05) is 19.5 Å². The number of anilines is 1. The first-order valence-electron chi connectivity index (χ1n) is 9.73. The van der Waals surface area contributed by atoms with E-state index in [0.717, 1.165) is 18.4 Å². The molecule has 1 aromatic carbocycles. The van der Waals surface area contributed by atoms with Crippen molar-refractivity contribution in [3.05, 3.63) is 47.9 Å². The maximum Gasteiger partial charge on any atom is 0.389 e. The maximum absolute atomic E-state index is 12.4. The van der Waals surface area contributed by atoms with E-state index in [-0.39, 0.29) is 12.6 Å². The molecule has 30 heavy (non-hydrogen) atoms. The second-order valence-electron chi connectivity index (χ2n) is 7.44. The summed E-state index contributed by atoms with van der Waals surface area (Å²) in [6.45, 7) is 2.71. The van der Waals surface area contributed by atoms with Crippen molar-refractivity contribution in [2.75, 3.05) is 25.0 Å². The molecule has 0 spiro atoms. The predicted octanol–water partition coefficient (Wildman–Crippen LogP) is 5.35. The first-order chi connectivity index (χ1) is 14.3. The van der Waals surface area contributed by atoms with Crippen LogP contribution in [0.15, 0.2) is 46.8 Å². The lowest BCUT2D eigenvalue weighted by Gasteiger charge is -2.28. The van der Waals surface area contributed by atoms with Gasteiger partial charge < -0.3 is 19.5 Å². The van der Waals surface area contributed by atoms with Gasteiger partial charge in [0.2, 0.25) is 0 Å². The van der Waals surface area contributed by atoms with Crippen molar-refractivity contribution in [2.45, 2.75) is 32.4 Å². The molecule has 0 bridgehead atoms. The number of likely N-dealkylation sites (tertiary alicyclic amines) is 1. The number of benzene rings is 1. The number of ether oxygens (including phenoxy) is 1. The van der Waals surface area contributed by atoms with Crippen LogP contribution in [-0.4, -0.2) is 42.0 Å². The monoisotopic (exact) mass is 423 g/mol. The predicted molar refractivity (Wildman–Crippen MR) is 106 cm³/mol. The molecule has 1 fully saturated rings. The summed E-state index contributed by atoms with van der Waals surface area (Å²) in [6, 6.07) is 7.10. The Labute approximate surface area is 172 Å². The molecule has 0 radical (unpaired) electrons. The average molecular weight is 423 g/mol. The highest BCUT2D eigenvalue weighted by Crippen LogP contribution is 2.26.